The van der Waals surface area contributed by atoms with Crippen LogP contribution in [0.2, 0.25) is 0 Å². The molecular formula is C25H30N6O4. The van der Waals surface area contributed by atoms with Gasteiger partial charge < -0.3 is 24.8 Å². The van der Waals surface area contributed by atoms with Crippen molar-refractivity contribution in [3.63, 3.8) is 0 Å². The fourth-order valence-electron chi connectivity index (χ4n) is 4.55. The molecule has 0 aliphatic carbocycles. The van der Waals surface area contributed by atoms with Crippen LogP contribution in [-0.4, -0.2) is 77.7 Å². The Kier molecular flexibility index (Phi) is 7.65. The number of likely N-dealkylation sites (tertiary alicyclic amines) is 2. The second-order valence-corrected chi connectivity index (χ2v) is 8.86. The van der Waals surface area contributed by atoms with Gasteiger partial charge in [0.25, 0.3) is 0 Å². The van der Waals surface area contributed by atoms with Crippen LogP contribution < -0.4 is 5.32 Å². The molecule has 2 N–H and O–H groups in total. The third-order valence-corrected chi connectivity index (χ3v) is 6.50. The van der Waals surface area contributed by atoms with Crippen molar-refractivity contribution in [3.8, 4) is 6.07 Å². The molecule has 1 unspecified atom stereocenters. The minimum atomic E-state index is -1.32. The summed E-state index contributed by atoms with van der Waals surface area (Å²) in [7, 11) is 1.21. The molecule has 35 heavy (non-hydrogen) atoms. The topological polar surface area (TPSA) is 131 Å². The van der Waals surface area contributed by atoms with E-state index in [1.165, 1.54) is 7.11 Å². The minimum absolute atomic E-state index is 0.0236. The highest BCUT2D eigenvalue weighted by Crippen LogP contribution is 2.21. The molecule has 4 rings (SSSR count). The molecule has 2 saturated heterocycles. The quantitative estimate of drug-likeness (QED) is 0.372. The molecule has 2 fully saturated rings. The Morgan fingerprint density at radius 2 is 2.00 bits per heavy atom. The summed E-state index contributed by atoms with van der Waals surface area (Å²) in [5.74, 6) is -2.36. The highest BCUT2D eigenvalue weighted by atomic mass is 16.5. The molecule has 2 aromatic rings. The summed E-state index contributed by atoms with van der Waals surface area (Å²) in [5.41, 5.74) is 1.49. The molecule has 0 radical (unpaired) electrons. The first-order valence-electron chi connectivity index (χ1n) is 12.0. The number of benzene rings is 1. The third kappa shape index (κ3) is 5.62. The van der Waals surface area contributed by atoms with E-state index in [1.54, 1.807) is 9.80 Å². The number of carbonyl (C=O) groups is 3. The predicted molar refractivity (Wildman–Crippen MR) is 131 cm³/mol. The molecular weight excluding hydrogens is 448 g/mol. The van der Waals surface area contributed by atoms with Gasteiger partial charge in [-0.15, -0.1) is 0 Å². The van der Waals surface area contributed by atoms with Crippen molar-refractivity contribution in [1.29, 1.82) is 5.26 Å². The second-order valence-electron chi connectivity index (χ2n) is 8.86. The number of methoxy groups -OCH3 is 1. The van der Waals surface area contributed by atoms with Gasteiger partial charge in [0.05, 0.1) is 19.7 Å². The SMILES string of the molecule is COC(=O)C(C#N)C(=N[C@H]1CCCCN(CC(=O)N2CCCC2)C1=O)Nc1ccc2cc[nH]c2c1. The van der Waals surface area contributed by atoms with Gasteiger partial charge in [0, 0.05) is 37.0 Å². The van der Waals surface area contributed by atoms with Crippen LogP contribution in [0, 0.1) is 17.2 Å². The number of anilines is 1. The molecule has 10 heteroatoms. The Bertz CT molecular complexity index is 1160. The van der Waals surface area contributed by atoms with Gasteiger partial charge in [0.15, 0.2) is 0 Å². The van der Waals surface area contributed by atoms with E-state index in [0.29, 0.717) is 18.7 Å². The number of amides is 2. The van der Waals surface area contributed by atoms with E-state index in [2.05, 4.69) is 15.3 Å². The average Bonchev–Trinajstić information content (AvgIpc) is 3.54. The molecule has 2 aliphatic heterocycles. The number of aromatic nitrogens is 1. The van der Waals surface area contributed by atoms with Gasteiger partial charge in [0.2, 0.25) is 17.7 Å². The smallest absolute Gasteiger partial charge is 0.330 e. The average molecular weight is 479 g/mol. The zero-order valence-electron chi connectivity index (χ0n) is 19.8. The monoisotopic (exact) mass is 478 g/mol. The van der Waals surface area contributed by atoms with Crippen molar-refractivity contribution in [2.75, 3.05) is 38.6 Å². The lowest BCUT2D eigenvalue weighted by atomic mass is 10.1. The zero-order chi connectivity index (χ0) is 24.8. The van der Waals surface area contributed by atoms with E-state index in [4.69, 9.17) is 4.74 Å². The van der Waals surface area contributed by atoms with E-state index in [1.807, 2.05) is 36.5 Å². The van der Waals surface area contributed by atoms with Gasteiger partial charge in [-0.05, 0) is 55.7 Å². The van der Waals surface area contributed by atoms with Crippen molar-refractivity contribution in [1.82, 2.24) is 14.8 Å². The van der Waals surface area contributed by atoms with Crippen LogP contribution in [0.5, 0.6) is 0 Å². The Morgan fingerprint density at radius 1 is 1.23 bits per heavy atom. The van der Waals surface area contributed by atoms with E-state index >= 15 is 0 Å². The van der Waals surface area contributed by atoms with Crippen LogP contribution in [0.4, 0.5) is 5.69 Å². The van der Waals surface area contributed by atoms with E-state index < -0.39 is 17.9 Å². The van der Waals surface area contributed by atoms with Crippen molar-refractivity contribution in [2.24, 2.45) is 10.9 Å². The number of aliphatic imine (C=N–C) groups is 1. The van der Waals surface area contributed by atoms with Crippen LogP contribution in [0.15, 0.2) is 35.5 Å². The first-order chi connectivity index (χ1) is 17.0. The maximum atomic E-state index is 13.4. The van der Waals surface area contributed by atoms with Crippen molar-refractivity contribution in [3.05, 3.63) is 30.5 Å². The molecule has 0 spiro atoms. The van der Waals surface area contributed by atoms with Gasteiger partial charge in [-0.2, -0.15) is 5.26 Å². The summed E-state index contributed by atoms with van der Waals surface area (Å²) in [5, 5.41) is 13.8. The maximum absolute atomic E-state index is 13.4. The molecule has 1 aromatic heterocycles. The van der Waals surface area contributed by atoms with Crippen molar-refractivity contribution in [2.45, 2.75) is 38.1 Å². The standard InChI is InChI=1S/C25H30N6O4/c1-35-25(34)19(15-26)23(28-18-8-7-17-9-10-27-21(17)14-18)29-20-6-2-3-13-31(24(20)33)16-22(32)30-11-4-5-12-30/h7-10,14,19-20,27H,2-6,11-13,16H2,1H3,(H,28,29)/t19?,20-/m0/s1. The summed E-state index contributed by atoms with van der Waals surface area (Å²) in [6.45, 7) is 1.96. The molecule has 2 aliphatic rings. The minimum Gasteiger partial charge on any atom is -0.468 e. The summed E-state index contributed by atoms with van der Waals surface area (Å²) in [6.07, 6.45) is 5.75. The number of H-pyrrole nitrogens is 1. The number of amidine groups is 1. The first kappa shape index (κ1) is 24.3. The van der Waals surface area contributed by atoms with Gasteiger partial charge in [-0.25, -0.2) is 0 Å². The summed E-state index contributed by atoms with van der Waals surface area (Å²) < 4.78 is 4.82. The summed E-state index contributed by atoms with van der Waals surface area (Å²) in [6, 6.07) is 8.62. The highest BCUT2D eigenvalue weighted by Gasteiger charge is 2.33. The van der Waals surface area contributed by atoms with Crippen LogP contribution in [-0.2, 0) is 19.1 Å². The molecule has 2 amide bonds. The number of hydrogen-bond donors (Lipinski definition) is 2. The molecule has 2 atom stereocenters. The number of fused-ring (bicyclic) bond motifs is 1. The number of nitriles is 1. The lowest BCUT2D eigenvalue weighted by molar-refractivity contribution is -0.141. The number of ether oxygens (including phenoxy) is 1. The van der Waals surface area contributed by atoms with Crippen molar-refractivity contribution < 1.29 is 19.1 Å². The lowest BCUT2D eigenvalue weighted by Gasteiger charge is -2.25. The Labute approximate surface area is 203 Å². The van der Waals surface area contributed by atoms with Crippen molar-refractivity contribution >= 4 is 40.2 Å². The maximum Gasteiger partial charge on any atom is 0.330 e. The normalized spacial score (nSPS) is 19.8. The fourth-order valence-corrected chi connectivity index (χ4v) is 4.55. The first-order valence-corrected chi connectivity index (χ1v) is 12.0. The molecule has 0 bridgehead atoms. The summed E-state index contributed by atoms with van der Waals surface area (Å²) >= 11 is 0. The number of nitrogens with zero attached hydrogens (tertiary/aromatic N) is 4. The number of aromatic amines is 1. The van der Waals surface area contributed by atoms with Crippen LogP contribution in [0.25, 0.3) is 10.9 Å². The molecule has 0 saturated carbocycles. The van der Waals surface area contributed by atoms with E-state index in [0.717, 1.165) is 49.7 Å². The van der Waals surface area contributed by atoms with Crippen LogP contribution >= 0.6 is 0 Å². The highest BCUT2D eigenvalue weighted by molar-refractivity contribution is 6.11. The zero-order valence-corrected chi connectivity index (χ0v) is 19.8. The lowest BCUT2D eigenvalue weighted by Crippen LogP contribution is -2.45. The van der Waals surface area contributed by atoms with E-state index in [-0.39, 0.29) is 24.2 Å². The van der Waals surface area contributed by atoms with Gasteiger partial charge in [-0.3, -0.25) is 19.4 Å². The number of esters is 1. The number of rotatable bonds is 6. The number of hydrogen-bond acceptors (Lipinski definition) is 6. The largest absolute Gasteiger partial charge is 0.468 e. The summed E-state index contributed by atoms with van der Waals surface area (Å²) in [4.78, 5) is 49.5. The van der Waals surface area contributed by atoms with Gasteiger partial charge >= 0.3 is 5.97 Å². The van der Waals surface area contributed by atoms with Crippen LogP contribution in [0.1, 0.15) is 32.1 Å². The number of nitrogens with one attached hydrogen (secondary N) is 2. The Hall–Kier alpha value is -3.87. The third-order valence-electron chi connectivity index (χ3n) is 6.50. The van der Waals surface area contributed by atoms with Gasteiger partial charge in [-0.1, -0.05) is 6.07 Å². The molecule has 3 heterocycles. The predicted octanol–water partition coefficient (Wildman–Crippen LogP) is 2.29. The Morgan fingerprint density at radius 3 is 2.74 bits per heavy atom. The molecule has 184 valence electrons. The second kappa shape index (κ2) is 11.0. The molecule has 1 aromatic carbocycles. The Balaban J connectivity index is 1.60. The van der Waals surface area contributed by atoms with Crippen LogP contribution in [0.3, 0.4) is 0 Å². The number of carbonyl (C=O) groups excluding carboxylic acids is 3. The molecule has 10 nitrogen and oxygen atoms in total. The van der Waals surface area contributed by atoms with Gasteiger partial charge in [0.1, 0.15) is 11.9 Å². The van der Waals surface area contributed by atoms with E-state index in [9.17, 15) is 19.6 Å². The fraction of sp³-hybridized carbons (Fsp3) is 0.480.